The predicted molar refractivity (Wildman–Crippen MR) is 73.9 cm³/mol. The molecule has 2 heterocycles. The number of Topliss-reactive ketones (excluding diaryl/α,β-unsaturated/α-hetero) is 2. The van der Waals surface area contributed by atoms with E-state index in [4.69, 9.17) is 4.42 Å². The molecule has 0 fully saturated rings. The standard InChI is InChI=1S/C15H11N3O3/c19-13(2-3-14(20)11-6-16-8-17-7-11)10-1-4-15-12(5-10)18-9-21-15/h1,4-9H,2-3H2. The fourth-order valence-corrected chi connectivity index (χ4v) is 1.99. The van der Waals surface area contributed by atoms with Crippen LogP contribution in [0, 0.1) is 0 Å². The summed E-state index contributed by atoms with van der Waals surface area (Å²) >= 11 is 0. The number of hydrogen-bond donors (Lipinski definition) is 0. The van der Waals surface area contributed by atoms with Crippen molar-refractivity contribution in [3.05, 3.63) is 54.4 Å². The number of hydrogen-bond acceptors (Lipinski definition) is 6. The topological polar surface area (TPSA) is 86.0 Å². The van der Waals surface area contributed by atoms with Crippen LogP contribution in [0.3, 0.4) is 0 Å². The number of carbonyl (C=O) groups is 2. The highest BCUT2D eigenvalue weighted by Crippen LogP contribution is 2.16. The molecule has 6 heteroatoms. The lowest BCUT2D eigenvalue weighted by Crippen LogP contribution is -2.06. The van der Waals surface area contributed by atoms with Crippen molar-refractivity contribution in [3.63, 3.8) is 0 Å². The second kappa shape index (κ2) is 5.62. The van der Waals surface area contributed by atoms with Crippen molar-refractivity contribution in [2.24, 2.45) is 0 Å². The molecule has 0 aliphatic carbocycles. The van der Waals surface area contributed by atoms with Crippen LogP contribution in [0.1, 0.15) is 33.6 Å². The molecule has 0 amide bonds. The van der Waals surface area contributed by atoms with Gasteiger partial charge in [0.2, 0.25) is 0 Å². The average Bonchev–Trinajstić information content (AvgIpc) is 3.00. The van der Waals surface area contributed by atoms with Crippen LogP contribution in [0.4, 0.5) is 0 Å². The van der Waals surface area contributed by atoms with Gasteiger partial charge < -0.3 is 4.42 Å². The Hall–Kier alpha value is -2.89. The van der Waals surface area contributed by atoms with Crippen molar-refractivity contribution in [1.29, 1.82) is 0 Å². The molecular formula is C15H11N3O3. The zero-order valence-corrected chi connectivity index (χ0v) is 11.0. The first-order chi connectivity index (χ1) is 10.2. The molecule has 0 spiro atoms. The molecule has 3 aromatic rings. The zero-order chi connectivity index (χ0) is 14.7. The van der Waals surface area contributed by atoms with Gasteiger partial charge in [-0.2, -0.15) is 0 Å². The van der Waals surface area contributed by atoms with Crippen molar-refractivity contribution >= 4 is 22.7 Å². The van der Waals surface area contributed by atoms with E-state index in [-0.39, 0.29) is 24.4 Å². The molecule has 0 bridgehead atoms. The van der Waals surface area contributed by atoms with Gasteiger partial charge in [0, 0.05) is 30.8 Å². The first-order valence-corrected chi connectivity index (χ1v) is 6.39. The maximum Gasteiger partial charge on any atom is 0.181 e. The van der Waals surface area contributed by atoms with Gasteiger partial charge in [0.1, 0.15) is 11.8 Å². The Morgan fingerprint density at radius 1 is 1.00 bits per heavy atom. The summed E-state index contributed by atoms with van der Waals surface area (Å²) in [6.45, 7) is 0. The Morgan fingerprint density at radius 3 is 2.48 bits per heavy atom. The van der Waals surface area contributed by atoms with Crippen LogP contribution in [-0.2, 0) is 0 Å². The summed E-state index contributed by atoms with van der Waals surface area (Å²) in [6, 6.07) is 5.03. The SMILES string of the molecule is O=C(CCC(=O)c1ccc2ocnc2c1)c1cncnc1. The zero-order valence-electron chi connectivity index (χ0n) is 11.0. The molecule has 1 aromatic carbocycles. The van der Waals surface area contributed by atoms with E-state index in [1.54, 1.807) is 18.2 Å². The molecule has 104 valence electrons. The normalized spacial score (nSPS) is 10.7. The summed E-state index contributed by atoms with van der Waals surface area (Å²) in [7, 11) is 0. The molecule has 0 aliphatic heterocycles. The van der Waals surface area contributed by atoms with Gasteiger partial charge in [-0.05, 0) is 18.2 Å². The second-order valence-corrected chi connectivity index (χ2v) is 4.51. The van der Waals surface area contributed by atoms with E-state index in [9.17, 15) is 9.59 Å². The highest BCUT2D eigenvalue weighted by Gasteiger charge is 2.12. The summed E-state index contributed by atoms with van der Waals surface area (Å²) < 4.78 is 5.12. The molecule has 0 unspecified atom stereocenters. The monoisotopic (exact) mass is 281 g/mol. The molecule has 21 heavy (non-hydrogen) atoms. The number of carbonyl (C=O) groups excluding carboxylic acids is 2. The lowest BCUT2D eigenvalue weighted by Gasteiger charge is -2.01. The predicted octanol–water partition coefficient (Wildman–Crippen LogP) is 2.46. The second-order valence-electron chi connectivity index (χ2n) is 4.51. The van der Waals surface area contributed by atoms with Crippen molar-refractivity contribution < 1.29 is 14.0 Å². The van der Waals surface area contributed by atoms with Crippen LogP contribution in [0.2, 0.25) is 0 Å². The Morgan fingerprint density at radius 2 is 1.71 bits per heavy atom. The van der Waals surface area contributed by atoms with Gasteiger partial charge in [-0.1, -0.05) is 0 Å². The van der Waals surface area contributed by atoms with E-state index in [0.29, 0.717) is 22.2 Å². The quantitative estimate of drug-likeness (QED) is 0.668. The van der Waals surface area contributed by atoms with Crippen LogP contribution in [0.25, 0.3) is 11.1 Å². The van der Waals surface area contributed by atoms with Crippen LogP contribution >= 0.6 is 0 Å². The summed E-state index contributed by atoms with van der Waals surface area (Å²) in [5.41, 5.74) is 2.19. The minimum absolute atomic E-state index is 0.106. The maximum absolute atomic E-state index is 12.1. The third-order valence-electron chi connectivity index (χ3n) is 3.11. The van der Waals surface area contributed by atoms with E-state index < -0.39 is 0 Å². The van der Waals surface area contributed by atoms with Gasteiger partial charge in [-0.15, -0.1) is 0 Å². The lowest BCUT2D eigenvalue weighted by atomic mass is 10.0. The largest absolute Gasteiger partial charge is 0.443 e. The summed E-state index contributed by atoms with van der Waals surface area (Å²) in [6.07, 6.45) is 5.84. The molecule has 3 rings (SSSR count). The Labute approximate surface area is 119 Å². The van der Waals surface area contributed by atoms with E-state index >= 15 is 0 Å². The van der Waals surface area contributed by atoms with E-state index in [1.807, 2.05) is 0 Å². The lowest BCUT2D eigenvalue weighted by molar-refractivity contribution is 0.0917. The fraction of sp³-hybridized carbons (Fsp3) is 0.133. The van der Waals surface area contributed by atoms with Gasteiger partial charge >= 0.3 is 0 Å². The van der Waals surface area contributed by atoms with Crippen molar-refractivity contribution in [3.8, 4) is 0 Å². The van der Waals surface area contributed by atoms with E-state index in [1.165, 1.54) is 25.1 Å². The van der Waals surface area contributed by atoms with Crippen LogP contribution in [0.15, 0.2) is 47.7 Å². The van der Waals surface area contributed by atoms with E-state index in [0.717, 1.165) is 0 Å². The summed E-state index contributed by atoms with van der Waals surface area (Å²) in [5, 5.41) is 0. The molecule has 2 aromatic heterocycles. The fourth-order valence-electron chi connectivity index (χ4n) is 1.99. The molecule has 0 saturated carbocycles. The molecule has 0 N–H and O–H groups in total. The minimum atomic E-state index is -0.147. The minimum Gasteiger partial charge on any atom is -0.443 e. The van der Waals surface area contributed by atoms with Crippen LogP contribution in [-0.4, -0.2) is 26.5 Å². The van der Waals surface area contributed by atoms with Gasteiger partial charge in [0.05, 0.1) is 5.56 Å². The van der Waals surface area contributed by atoms with Crippen molar-refractivity contribution in [2.75, 3.05) is 0 Å². The highest BCUT2D eigenvalue weighted by atomic mass is 16.3. The Balaban J connectivity index is 1.67. The van der Waals surface area contributed by atoms with E-state index in [2.05, 4.69) is 15.0 Å². The first kappa shape index (κ1) is 13.1. The maximum atomic E-state index is 12.1. The Bertz CT molecular complexity index is 796. The molecular weight excluding hydrogens is 270 g/mol. The highest BCUT2D eigenvalue weighted by molar-refractivity contribution is 6.03. The van der Waals surface area contributed by atoms with Crippen molar-refractivity contribution in [2.45, 2.75) is 12.8 Å². The van der Waals surface area contributed by atoms with Crippen LogP contribution in [0.5, 0.6) is 0 Å². The number of fused-ring (bicyclic) bond motifs is 1. The van der Waals surface area contributed by atoms with Gasteiger partial charge in [-0.3, -0.25) is 9.59 Å². The average molecular weight is 281 g/mol. The van der Waals surface area contributed by atoms with Crippen molar-refractivity contribution in [1.82, 2.24) is 15.0 Å². The number of rotatable bonds is 5. The number of oxazole rings is 1. The summed E-state index contributed by atoms with van der Waals surface area (Å²) in [4.78, 5) is 35.6. The first-order valence-electron chi connectivity index (χ1n) is 6.39. The van der Waals surface area contributed by atoms with Crippen LogP contribution < -0.4 is 0 Å². The number of aromatic nitrogens is 3. The smallest absolute Gasteiger partial charge is 0.181 e. The third kappa shape index (κ3) is 2.84. The number of benzene rings is 1. The van der Waals surface area contributed by atoms with Gasteiger partial charge in [0.15, 0.2) is 23.5 Å². The molecule has 0 radical (unpaired) electrons. The molecule has 6 nitrogen and oxygen atoms in total. The number of nitrogens with zero attached hydrogens (tertiary/aromatic N) is 3. The molecule has 0 atom stereocenters. The molecule has 0 saturated heterocycles. The molecule has 0 aliphatic rings. The Kier molecular flexibility index (Phi) is 3.51. The van der Waals surface area contributed by atoms with Gasteiger partial charge in [0.25, 0.3) is 0 Å². The number of ketones is 2. The summed E-state index contributed by atoms with van der Waals surface area (Å²) in [5.74, 6) is -0.253. The van der Waals surface area contributed by atoms with Gasteiger partial charge in [-0.25, -0.2) is 15.0 Å². The third-order valence-corrected chi connectivity index (χ3v) is 3.11.